The molecule has 3 rings (SSSR count). The highest BCUT2D eigenvalue weighted by Crippen LogP contribution is 2.27. The van der Waals surface area contributed by atoms with Crippen LogP contribution >= 0.6 is 0 Å². The first-order chi connectivity index (χ1) is 16.6. The zero-order chi connectivity index (χ0) is 25.6. The summed E-state index contributed by atoms with van der Waals surface area (Å²) in [6, 6.07) is 20.5. The van der Waals surface area contributed by atoms with Gasteiger partial charge in [-0.2, -0.15) is 5.10 Å². The third-order valence-electron chi connectivity index (χ3n) is 5.20. The topological polar surface area (TPSA) is 108 Å². The second-order valence-corrected chi connectivity index (χ2v) is 9.97. The lowest BCUT2D eigenvalue weighted by molar-refractivity contribution is -0.119. The van der Waals surface area contributed by atoms with E-state index in [1.165, 1.54) is 19.1 Å². The summed E-state index contributed by atoms with van der Waals surface area (Å²) in [6.45, 7) is 6.32. The number of hydrogen-bond acceptors (Lipinski definition) is 5. The number of carbonyl (C=O) groups is 2. The van der Waals surface area contributed by atoms with E-state index in [4.69, 9.17) is 0 Å². The van der Waals surface area contributed by atoms with Crippen LogP contribution in [-0.4, -0.2) is 32.5 Å². The highest BCUT2D eigenvalue weighted by Gasteiger charge is 2.28. The van der Waals surface area contributed by atoms with Crippen molar-refractivity contribution in [3.63, 3.8) is 0 Å². The zero-order valence-electron chi connectivity index (χ0n) is 20.1. The van der Waals surface area contributed by atoms with Crippen molar-refractivity contribution >= 4 is 38.9 Å². The molecule has 0 heterocycles. The van der Waals surface area contributed by atoms with E-state index in [2.05, 4.69) is 15.8 Å². The normalized spacial score (nSPS) is 11.6. The Morgan fingerprint density at radius 1 is 0.914 bits per heavy atom. The molecule has 0 saturated carbocycles. The monoisotopic (exact) mass is 492 g/mol. The summed E-state index contributed by atoms with van der Waals surface area (Å²) in [5, 5.41) is 6.84. The van der Waals surface area contributed by atoms with Crippen LogP contribution in [0.5, 0.6) is 0 Å². The van der Waals surface area contributed by atoms with Crippen LogP contribution in [-0.2, 0) is 19.6 Å². The number of nitrogens with one attached hydrogen (secondary N) is 2. The summed E-state index contributed by atoms with van der Waals surface area (Å²) in [5.41, 5.74) is 6.26. The lowest BCUT2D eigenvalue weighted by atomic mass is 10.1. The van der Waals surface area contributed by atoms with Gasteiger partial charge in [0.05, 0.1) is 16.3 Å². The quantitative estimate of drug-likeness (QED) is 0.366. The molecule has 2 amide bonds. The largest absolute Gasteiger partial charge is 0.326 e. The number of nitrogens with zero attached hydrogens (tertiary/aromatic N) is 2. The molecule has 182 valence electrons. The Morgan fingerprint density at radius 3 is 2.31 bits per heavy atom. The van der Waals surface area contributed by atoms with Crippen LogP contribution in [0.15, 0.2) is 82.8 Å². The van der Waals surface area contributed by atoms with Gasteiger partial charge in [0.2, 0.25) is 5.91 Å². The van der Waals surface area contributed by atoms with Gasteiger partial charge in [0.1, 0.15) is 6.54 Å². The SMILES string of the molecule is CC(=O)Nc1cccc(/C(C)=N\NC(=O)CN(c2cc(C)ccc2C)S(=O)(=O)c2ccccc2)c1. The number of benzene rings is 3. The first-order valence-corrected chi connectivity index (χ1v) is 12.4. The third kappa shape index (κ3) is 6.54. The molecule has 9 heteroatoms. The molecule has 0 unspecified atom stereocenters. The van der Waals surface area contributed by atoms with Crippen LogP contribution < -0.4 is 15.0 Å². The number of sulfonamides is 1. The summed E-state index contributed by atoms with van der Waals surface area (Å²) in [5.74, 6) is -0.793. The summed E-state index contributed by atoms with van der Waals surface area (Å²) in [7, 11) is -4.01. The fourth-order valence-corrected chi connectivity index (χ4v) is 4.91. The number of rotatable bonds is 8. The van der Waals surface area contributed by atoms with Crippen molar-refractivity contribution in [2.24, 2.45) is 5.10 Å². The average molecular weight is 493 g/mol. The molecular formula is C26H28N4O4S. The maximum atomic E-state index is 13.5. The number of aryl methyl sites for hydroxylation is 2. The molecule has 0 aliphatic rings. The van der Waals surface area contributed by atoms with Gasteiger partial charge in [-0.15, -0.1) is 0 Å². The summed E-state index contributed by atoms with van der Waals surface area (Å²) >= 11 is 0. The number of amides is 2. The molecule has 0 fully saturated rings. The van der Waals surface area contributed by atoms with Gasteiger partial charge in [0.25, 0.3) is 15.9 Å². The minimum atomic E-state index is -4.01. The Hall–Kier alpha value is -3.98. The first kappa shape index (κ1) is 25.6. The van der Waals surface area contributed by atoms with E-state index in [1.54, 1.807) is 62.4 Å². The van der Waals surface area contributed by atoms with Gasteiger partial charge in [-0.1, -0.05) is 42.5 Å². The van der Waals surface area contributed by atoms with E-state index in [0.29, 0.717) is 22.6 Å². The van der Waals surface area contributed by atoms with Crippen LogP contribution in [0.4, 0.5) is 11.4 Å². The van der Waals surface area contributed by atoms with Crippen LogP contribution in [0.2, 0.25) is 0 Å². The molecular weight excluding hydrogens is 464 g/mol. The van der Waals surface area contributed by atoms with E-state index in [1.807, 2.05) is 19.1 Å². The van der Waals surface area contributed by atoms with Crippen molar-refractivity contribution in [3.05, 3.63) is 89.5 Å². The maximum Gasteiger partial charge on any atom is 0.264 e. The molecule has 0 radical (unpaired) electrons. The fraction of sp³-hybridized carbons (Fsp3) is 0.192. The number of carbonyl (C=O) groups excluding carboxylic acids is 2. The second-order valence-electron chi connectivity index (χ2n) is 8.11. The molecule has 0 spiro atoms. The molecule has 35 heavy (non-hydrogen) atoms. The molecule has 3 aromatic carbocycles. The summed E-state index contributed by atoms with van der Waals surface area (Å²) in [6.07, 6.45) is 0. The van der Waals surface area contributed by atoms with Crippen molar-refractivity contribution in [2.75, 3.05) is 16.2 Å². The third-order valence-corrected chi connectivity index (χ3v) is 6.97. The van der Waals surface area contributed by atoms with E-state index < -0.39 is 22.5 Å². The molecule has 2 N–H and O–H groups in total. The van der Waals surface area contributed by atoms with Crippen LogP contribution in [0.3, 0.4) is 0 Å². The minimum absolute atomic E-state index is 0.0863. The van der Waals surface area contributed by atoms with Crippen LogP contribution in [0.1, 0.15) is 30.5 Å². The standard InChI is InChI=1S/C26H28N4O4S/c1-18-13-14-19(2)25(15-18)30(35(33,34)24-11-6-5-7-12-24)17-26(32)29-28-20(3)22-9-8-10-23(16-22)27-21(4)31/h5-16H,17H2,1-4H3,(H,27,31)(H,29,32)/b28-20-. The smallest absolute Gasteiger partial charge is 0.264 e. The maximum absolute atomic E-state index is 13.5. The van der Waals surface area contributed by atoms with E-state index in [-0.39, 0.29) is 10.8 Å². The van der Waals surface area contributed by atoms with Crippen LogP contribution in [0.25, 0.3) is 0 Å². The van der Waals surface area contributed by atoms with Gasteiger partial charge in [-0.05, 0) is 67.8 Å². The molecule has 8 nitrogen and oxygen atoms in total. The van der Waals surface area contributed by atoms with Gasteiger partial charge in [-0.25, -0.2) is 13.8 Å². The van der Waals surface area contributed by atoms with Crippen molar-refractivity contribution < 1.29 is 18.0 Å². The molecule has 0 aliphatic heterocycles. The molecule has 0 aromatic heterocycles. The Bertz CT molecular complexity index is 1370. The van der Waals surface area contributed by atoms with Crippen molar-refractivity contribution in [3.8, 4) is 0 Å². The Labute approximate surface area is 205 Å². The van der Waals surface area contributed by atoms with Gasteiger partial charge in [-0.3, -0.25) is 13.9 Å². The number of hydrogen-bond donors (Lipinski definition) is 2. The zero-order valence-corrected chi connectivity index (χ0v) is 20.9. The Kier molecular flexibility index (Phi) is 8.03. The number of hydrazone groups is 1. The van der Waals surface area contributed by atoms with Gasteiger partial charge >= 0.3 is 0 Å². The molecule has 0 aliphatic carbocycles. The summed E-state index contributed by atoms with van der Waals surface area (Å²) in [4.78, 5) is 24.3. The predicted molar refractivity (Wildman–Crippen MR) is 138 cm³/mol. The Morgan fingerprint density at radius 2 is 1.63 bits per heavy atom. The lowest BCUT2D eigenvalue weighted by Gasteiger charge is -2.25. The van der Waals surface area contributed by atoms with E-state index in [9.17, 15) is 18.0 Å². The lowest BCUT2D eigenvalue weighted by Crippen LogP contribution is -2.40. The second kappa shape index (κ2) is 11.0. The van der Waals surface area contributed by atoms with Crippen LogP contribution in [0, 0.1) is 13.8 Å². The molecule has 3 aromatic rings. The van der Waals surface area contributed by atoms with E-state index >= 15 is 0 Å². The molecule has 0 atom stereocenters. The fourth-order valence-electron chi connectivity index (χ4n) is 3.41. The Balaban J connectivity index is 1.87. The van der Waals surface area contributed by atoms with Gasteiger partial charge in [0, 0.05) is 12.6 Å². The van der Waals surface area contributed by atoms with E-state index in [0.717, 1.165) is 15.4 Å². The predicted octanol–water partition coefficient (Wildman–Crippen LogP) is 4.00. The number of anilines is 2. The molecule has 0 bridgehead atoms. The highest BCUT2D eigenvalue weighted by atomic mass is 32.2. The van der Waals surface area contributed by atoms with Crippen molar-refractivity contribution in [1.29, 1.82) is 0 Å². The highest BCUT2D eigenvalue weighted by molar-refractivity contribution is 7.92. The molecule has 0 saturated heterocycles. The minimum Gasteiger partial charge on any atom is -0.326 e. The first-order valence-electron chi connectivity index (χ1n) is 10.9. The van der Waals surface area contributed by atoms with Crippen molar-refractivity contribution in [1.82, 2.24) is 5.43 Å². The van der Waals surface area contributed by atoms with Gasteiger partial charge < -0.3 is 5.32 Å². The van der Waals surface area contributed by atoms with Gasteiger partial charge in [0.15, 0.2) is 0 Å². The van der Waals surface area contributed by atoms with Crippen molar-refractivity contribution in [2.45, 2.75) is 32.6 Å². The average Bonchev–Trinajstić information content (AvgIpc) is 2.83. The summed E-state index contributed by atoms with van der Waals surface area (Å²) < 4.78 is 28.1.